The first-order chi connectivity index (χ1) is 34.4. The fraction of sp³-hybridized carbons (Fsp3) is 0.706. The van der Waals surface area contributed by atoms with E-state index in [1.807, 2.05) is 12.2 Å². The van der Waals surface area contributed by atoms with Gasteiger partial charge in [0.25, 0.3) is 0 Å². The highest BCUT2D eigenvalue weighted by Gasteiger charge is 2.46. The van der Waals surface area contributed by atoms with Crippen LogP contribution in [0.3, 0.4) is 0 Å². The number of aliphatic hydroxyl groups excluding tert-OH is 2. The molecule has 0 saturated carbocycles. The highest BCUT2D eigenvalue weighted by molar-refractivity contribution is 7.61. The minimum Gasteiger partial charge on any atom is -0.462 e. The number of aliphatic hydroxyl groups is 2. The molecule has 0 bridgehead atoms. The number of esters is 2. The predicted molar refractivity (Wildman–Crippen MR) is 275 cm³/mol. The maximum atomic E-state index is 12.9. The van der Waals surface area contributed by atoms with Gasteiger partial charge in [0.05, 0.1) is 13.2 Å². The van der Waals surface area contributed by atoms with Crippen molar-refractivity contribution < 1.29 is 71.1 Å². The van der Waals surface area contributed by atoms with Gasteiger partial charge in [0.15, 0.2) is 18.1 Å². The summed E-state index contributed by atoms with van der Waals surface area (Å²) < 4.78 is 56.6. The molecule has 0 radical (unpaired) electrons. The number of ether oxygens (including phenoxy) is 3. The summed E-state index contributed by atoms with van der Waals surface area (Å²) >= 11 is 0. The monoisotopic (exact) mass is 1060 g/mol. The maximum Gasteiger partial charge on any atom is 0.481 e. The van der Waals surface area contributed by atoms with Crippen molar-refractivity contribution >= 4 is 39.2 Å². The third-order valence-electron chi connectivity index (χ3n) is 11.6. The number of nitrogen functional groups attached to an aromatic ring is 1. The Morgan fingerprint density at radius 1 is 0.750 bits per heavy atom. The lowest BCUT2D eigenvalue weighted by atomic mass is 10.0. The molecule has 1 aromatic rings. The number of phosphoric acid groups is 2. The lowest BCUT2D eigenvalue weighted by molar-refractivity contribution is -0.161. The summed E-state index contributed by atoms with van der Waals surface area (Å²) in [6, 6.07) is 1.24. The average Bonchev–Trinajstić information content (AvgIpc) is 3.60. The highest BCUT2D eigenvalue weighted by atomic mass is 31.3. The van der Waals surface area contributed by atoms with Gasteiger partial charge in [0, 0.05) is 25.5 Å². The van der Waals surface area contributed by atoms with Crippen LogP contribution in [-0.4, -0.2) is 91.5 Å². The van der Waals surface area contributed by atoms with Gasteiger partial charge in [-0.2, -0.15) is 9.29 Å². The quantitative estimate of drug-likeness (QED) is 0.0102. The second-order valence-electron chi connectivity index (χ2n) is 18.5. The zero-order valence-electron chi connectivity index (χ0n) is 42.9. The first-order valence-electron chi connectivity index (χ1n) is 26.0. The smallest absolute Gasteiger partial charge is 0.462 e. The normalized spacial score (nSPS) is 19.4. The SMILES string of the molecule is CCCCC/C=C\C/C=C\C/C=C\C=C\C(=O)CCCC(=O)OC[C@H](COP(=O)(O)OP(=O)(O)OC[C@H]1O[C@@H](n2ccc(N)nc2=O)[C@H](O)[C@@H]1O)OC(=O)CCCCCCCCCCCCCCCC(C)C. The molecule has 21 heteroatoms. The number of rotatable bonds is 42. The number of aromatic nitrogens is 2. The van der Waals surface area contributed by atoms with Crippen molar-refractivity contribution in [3.63, 3.8) is 0 Å². The van der Waals surface area contributed by atoms with E-state index in [9.17, 15) is 48.3 Å². The van der Waals surface area contributed by atoms with Crippen LogP contribution in [0.4, 0.5) is 5.82 Å². The van der Waals surface area contributed by atoms with Gasteiger partial charge in [-0.05, 0) is 56.6 Å². The van der Waals surface area contributed by atoms with E-state index in [0.29, 0.717) is 6.42 Å². The third-order valence-corrected chi connectivity index (χ3v) is 14.2. The molecule has 6 N–H and O–H groups in total. The van der Waals surface area contributed by atoms with Crippen molar-refractivity contribution in [2.45, 2.75) is 206 Å². The molecule has 2 heterocycles. The molecule has 1 aliphatic heterocycles. The van der Waals surface area contributed by atoms with Gasteiger partial charge >= 0.3 is 33.3 Å². The Labute approximate surface area is 426 Å². The van der Waals surface area contributed by atoms with Crippen LogP contribution in [0, 0.1) is 5.92 Å². The van der Waals surface area contributed by atoms with Crippen LogP contribution in [-0.2, 0) is 51.1 Å². The van der Waals surface area contributed by atoms with Crippen LogP contribution in [0.25, 0.3) is 0 Å². The Hall–Kier alpha value is -3.61. The third kappa shape index (κ3) is 31.2. The van der Waals surface area contributed by atoms with Crippen molar-refractivity contribution in [2.24, 2.45) is 5.92 Å². The molecule has 7 atom stereocenters. The molecule has 410 valence electrons. The minimum absolute atomic E-state index is 0.00106. The van der Waals surface area contributed by atoms with Crippen molar-refractivity contribution in [2.75, 3.05) is 25.6 Å². The van der Waals surface area contributed by atoms with Gasteiger partial charge in [-0.15, -0.1) is 0 Å². The van der Waals surface area contributed by atoms with Crippen LogP contribution in [0.1, 0.15) is 181 Å². The van der Waals surface area contributed by atoms with Crippen molar-refractivity contribution in [1.82, 2.24) is 9.55 Å². The van der Waals surface area contributed by atoms with E-state index in [0.717, 1.165) is 61.6 Å². The van der Waals surface area contributed by atoms with E-state index in [1.54, 1.807) is 12.2 Å². The number of nitrogens with zero attached hydrogens (tertiary/aromatic N) is 2. The number of hydrogen-bond donors (Lipinski definition) is 5. The molecule has 0 aliphatic carbocycles. The number of anilines is 1. The number of phosphoric ester groups is 2. The fourth-order valence-corrected chi connectivity index (χ4v) is 9.62. The van der Waals surface area contributed by atoms with Crippen LogP contribution in [0.5, 0.6) is 0 Å². The second kappa shape index (κ2) is 38.0. The van der Waals surface area contributed by atoms with Crippen molar-refractivity contribution in [1.29, 1.82) is 0 Å². The molecule has 0 spiro atoms. The average molecular weight is 1060 g/mol. The lowest BCUT2D eigenvalue weighted by Crippen LogP contribution is -2.36. The largest absolute Gasteiger partial charge is 0.481 e. The van der Waals surface area contributed by atoms with E-state index in [1.165, 1.54) is 89.2 Å². The molecule has 72 heavy (non-hydrogen) atoms. The Morgan fingerprint density at radius 2 is 1.35 bits per heavy atom. The zero-order chi connectivity index (χ0) is 53.0. The number of unbranched alkanes of at least 4 members (excludes halogenated alkanes) is 15. The van der Waals surface area contributed by atoms with Gasteiger partial charge in [-0.3, -0.25) is 28.0 Å². The van der Waals surface area contributed by atoms with Gasteiger partial charge in [0.1, 0.15) is 30.7 Å². The molecule has 1 aliphatic rings. The minimum atomic E-state index is -5.47. The Kier molecular flexibility index (Phi) is 34.1. The second-order valence-corrected chi connectivity index (χ2v) is 21.6. The number of ketones is 1. The first-order valence-corrected chi connectivity index (χ1v) is 29.0. The van der Waals surface area contributed by atoms with E-state index >= 15 is 0 Å². The molecule has 1 saturated heterocycles. The standard InChI is InChI=1S/C51H85N3O16P2/c1-4-5-6-7-8-9-10-12-16-19-22-25-28-32-42(55)33-30-35-46(56)65-38-43(68-47(57)34-29-26-23-20-17-14-11-13-15-18-21-24-27-31-41(2)3)39-66-71(61,62)70-72(63,64)67-40-44-48(58)49(59)50(69-44)54-37-36-45(52)53-51(54)60/h8-9,12,16,22,25,28,32,36-37,41,43-44,48-50,58-59H,4-7,10-11,13-15,17-21,23-24,26-27,29-31,33-35,38-40H2,1-3H3,(H,61,62)(H,63,64)(H2,52,53,60)/b9-8-,16-12-,25-22-,32-28+/t43-,44-,48-,49-,50-/m1/s1. The topological polar surface area (TPSA) is 283 Å². The summed E-state index contributed by atoms with van der Waals surface area (Å²) in [6.45, 7) is 4.20. The number of nitrogens with two attached hydrogens (primary N) is 1. The van der Waals surface area contributed by atoms with E-state index in [4.69, 9.17) is 29.0 Å². The number of allylic oxidation sites excluding steroid dienone is 8. The van der Waals surface area contributed by atoms with Crippen LogP contribution in [0.15, 0.2) is 65.7 Å². The number of carbonyl (C=O) groups is 3. The molecule has 2 rings (SSSR count). The van der Waals surface area contributed by atoms with E-state index in [-0.39, 0.29) is 37.3 Å². The maximum absolute atomic E-state index is 12.9. The highest BCUT2D eigenvalue weighted by Crippen LogP contribution is 2.60. The molecule has 1 aromatic heterocycles. The summed E-state index contributed by atoms with van der Waals surface area (Å²) in [4.78, 5) is 74.3. The lowest BCUT2D eigenvalue weighted by Gasteiger charge is -2.21. The van der Waals surface area contributed by atoms with E-state index in [2.05, 4.69) is 48.3 Å². The number of carbonyl (C=O) groups excluding carboxylic acids is 3. The van der Waals surface area contributed by atoms with Gasteiger partial charge < -0.3 is 39.9 Å². The Bertz CT molecular complexity index is 1970. The predicted octanol–water partition coefficient (Wildman–Crippen LogP) is 9.98. The molecular formula is C51H85N3O16P2. The molecular weight excluding hydrogens is 973 g/mol. The van der Waals surface area contributed by atoms with Crippen molar-refractivity contribution in [3.8, 4) is 0 Å². The van der Waals surface area contributed by atoms with Crippen LogP contribution < -0.4 is 11.4 Å². The molecule has 1 fully saturated rings. The number of hydrogen-bond acceptors (Lipinski definition) is 16. The van der Waals surface area contributed by atoms with E-state index < -0.39 is 83.7 Å². The Morgan fingerprint density at radius 3 is 1.99 bits per heavy atom. The van der Waals surface area contributed by atoms with Gasteiger partial charge in [0.2, 0.25) is 0 Å². The summed E-state index contributed by atoms with van der Waals surface area (Å²) in [5.74, 6) is -0.986. The summed E-state index contributed by atoms with van der Waals surface area (Å²) in [7, 11) is -10.9. The molecule has 19 nitrogen and oxygen atoms in total. The van der Waals surface area contributed by atoms with Crippen LogP contribution >= 0.6 is 15.6 Å². The summed E-state index contributed by atoms with van der Waals surface area (Å²) in [5, 5.41) is 20.9. The van der Waals surface area contributed by atoms with Gasteiger partial charge in [-0.25, -0.2) is 13.9 Å². The van der Waals surface area contributed by atoms with Crippen LogP contribution in [0.2, 0.25) is 0 Å². The molecule has 0 aromatic carbocycles. The fourth-order valence-electron chi connectivity index (χ4n) is 7.51. The van der Waals surface area contributed by atoms with Crippen molar-refractivity contribution in [3.05, 3.63) is 71.4 Å². The van der Waals surface area contributed by atoms with Gasteiger partial charge in [-0.1, -0.05) is 160 Å². The molecule has 2 unspecified atom stereocenters. The molecule has 0 amide bonds. The Balaban J connectivity index is 1.84. The zero-order valence-corrected chi connectivity index (χ0v) is 44.7. The first kappa shape index (κ1) is 64.5. The summed E-state index contributed by atoms with van der Waals surface area (Å²) in [5.41, 5.74) is 4.57. The summed E-state index contributed by atoms with van der Waals surface area (Å²) in [6.07, 6.45) is 30.6.